The Morgan fingerprint density at radius 2 is 1.78 bits per heavy atom. The molecule has 3 N–H and O–H groups in total. The number of aromatic nitrogens is 6. The highest BCUT2D eigenvalue weighted by Gasteiger charge is 2.15. The zero-order valence-corrected chi connectivity index (χ0v) is 20.6. The molecule has 37 heavy (non-hydrogen) atoms. The highest BCUT2D eigenvalue weighted by atomic mass is 15.2. The number of hydrogen-bond acceptors (Lipinski definition) is 5. The van der Waals surface area contributed by atoms with Gasteiger partial charge in [-0.3, -0.25) is 15.1 Å². The lowest BCUT2D eigenvalue weighted by atomic mass is 10.0. The van der Waals surface area contributed by atoms with Crippen LogP contribution in [-0.4, -0.2) is 30.1 Å². The summed E-state index contributed by atoms with van der Waals surface area (Å²) in [7, 11) is 0. The molecule has 0 spiro atoms. The molecule has 0 saturated heterocycles. The number of nitrogens with one attached hydrogen (secondary N) is 3. The van der Waals surface area contributed by atoms with E-state index in [1.54, 1.807) is 0 Å². The summed E-state index contributed by atoms with van der Waals surface area (Å²) in [6.45, 7) is 6.32. The fourth-order valence-electron chi connectivity index (χ4n) is 4.66. The summed E-state index contributed by atoms with van der Waals surface area (Å²) in [5.41, 5.74) is 9.73. The van der Waals surface area contributed by atoms with E-state index in [1.807, 2.05) is 43.1 Å². The number of fused-ring (bicyclic) bond motifs is 2. The van der Waals surface area contributed by atoms with Gasteiger partial charge in [0.15, 0.2) is 5.65 Å². The smallest absolute Gasteiger partial charge is 0.181 e. The van der Waals surface area contributed by atoms with Crippen LogP contribution in [-0.2, 0) is 0 Å². The minimum absolute atomic E-state index is 0.668. The summed E-state index contributed by atoms with van der Waals surface area (Å²) in [4.78, 5) is 16.8. The van der Waals surface area contributed by atoms with Crippen LogP contribution in [0.1, 0.15) is 26.2 Å². The molecule has 0 atom stereocenters. The second-order valence-corrected chi connectivity index (χ2v) is 9.17. The van der Waals surface area contributed by atoms with Gasteiger partial charge in [-0.05, 0) is 60.4 Å². The molecule has 0 aliphatic rings. The Labute approximate surface area is 214 Å². The first kappa shape index (κ1) is 22.7. The van der Waals surface area contributed by atoms with Gasteiger partial charge in [-0.15, -0.1) is 0 Å². The van der Waals surface area contributed by atoms with Crippen LogP contribution in [0.25, 0.3) is 55.6 Å². The van der Waals surface area contributed by atoms with Crippen LogP contribution in [0.3, 0.4) is 0 Å². The van der Waals surface area contributed by atoms with Crippen molar-refractivity contribution < 1.29 is 0 Å². The average molecular weight is 486 g/mol. The van der Waals surface area contributed by atoms with E-state index in [9.17, 15) is 0 Å². The normalized spacial score (nSPS) is 11.3. The number of nitrogens with zero attached hydrogens (tertiary/aromatic N) is 4. The third-order valence-corrected chi connectivity index (χ3v) is 6.56. The zero-order chi connectivity index (χ0) is 25.2. The lowest BCUT2D eigenvalue weighted by Crippen LogP contribution is -1.98. The van der Waals surface area contributed by atoms with Crippen LogP contribution in [0.2, 0.25) is 0 Å². The maximum atomic E-state index is 4.62. The molecule has 0 unspecified atom stereocenters. The van der Waals surface area contributed by atoms with Crippen LogP contribution < -0.4 is 5.32 Å². The molecule has 182 valence electrons. The summed E-state index contributed by atoms with van der Waals surface area (Å²) in [5, 5.41) is 13.1. The number of pyridine rings is 3. The maximum Gasteiger partial charge on any atom is 0.181 e. The largest absolute Gasteiger partial charge is 0.358 e. The molecule has 1 aromatic carbocycles. The lowest BCUT2D eigenvalue weighted by molar-refractivity contribution is 0.791. The predicted molar refractivity (Wildman–Crippen MR) is 150 cm³/mol. The van der Waals surface area contributed by atoms with Crippen molar-refractivity contribution in [1.82, 2.24) is 30.1 Å². The number of unbranched alkanes of at least 4 members (excludes halogenated alkanes) is 1. The molecule has 7 nitrogen and oxygen atoms in total. The average Bonchev–Trinajstić information content (AvgIpc) is 3.56. The Morgan fingerprint density at radius 3 is 2.65 bits per heavy atom. The molecule has 0 radical (unpaired) electrons. The van der Waals surface area contributed by atoms with Gasteiger partial charge in [-0.25, -0.2) is 4.98 Å². The van der Waals surface area contributed by atoms with Crippen LogP contribution in [0.15, 0.2) is 91.8 Å². The van der Waals surface area contributed by atoms with Gasteiger partial charge in [0.2, 0.25) is 0 Å². The van der Waals surface area contributed by atoms with Crippen LogP contribution in [0.5, 0.6) is 0 Å². The Hall–Kier alpha value is -4.78. The standard InChI is InChI=1S/C30H27N7/c1-3-4-6-19(2)34-23-13-21(16-32-18-23)22-14-26-29(36-37-30(26)33-17-22)28-15-25-24(7-5-8-27(25)35-28)20-9-11-31-12-10-20/h5,7-18,34-35H,2-4,6H2,1H3,(H,33,36,37). The van der Waals surface area contributed by atoms with E-state index in [4.69, 9.17) is 0 Å². The molecule has 5 heterocycles. The fourth-order valence-corrected chi connectivity index (χ4v) is 4.66. The van der Waals surface area contributed by atoms with Crippen molar-refractivity contribution in [2.45, 2.75) is 26.2 Å². The van der Waals surface area contributed by atoms with Gasteiger partial charge >= 0.3 is 0 Å². The van der Waals surface area contributed by atoms with Gasteiger partial charge in [0.25, 0.3) is 0 Å². The quantitative estimate of drug-likeness (QED) is 0.209. The van der Waals surface area contributed by atoms with Gasteiger partial charge in [-0.2, -0.15) is 5.10 Å². The third kappa shape index (κ3) is 4.47. The van der Waals surface area contributed by atoms with Crippen molar-refractivity contribution in [3.05, 3.63) is 91.8 Å². The molecule has 7 heteroatoms. The number of benzene rings is 1. The first-order chi connectivity index (χ1) is 18.2. The highest BCUT2D eigenvalue weighted by Crippen LogP contribution is 2.34. The van der Waals surface area contributed by atoms with Crippen LogP contribution >= 0.6 is 0 Å². The Morgan fingerprint density at radius 1 is 0.919 bits per heavy atom. The van der Waals surface area contributed by atoms with Crippen molar-refractivity contribution >= 4 is 27.6 Å². The molecule has 5 aromatic heterocycles. The molecule has 0 aliphatic carbocycles. The minimum atomic E-state index is 0.668. The number of anilines is 1. The first-order valence-corrected chi connectivity index (χ1v) is 12.5. The lowest BCUT2D eigenvalue weighted by Gasteiger charge is -2.10. The van der Waals surface area contributed by atoms with E-state index in [2.05, 4.69) is 85.4 Å². The highest BCUT2D eigenvalue weighted by molar-refractivity contribution is 6.01. The van der Waals surface area contributed by atoms with Crippen molar-refractivity contribution in [3.8, 4) is 33.6 Å². The van der Waals surface area contributed by atoms with Crippen molar-refractivity contribution in [1.29, 1.82) is 0 Å². The van der Waals surface area contributed by atoms with Crippen molar-refractivity contribution in [3.63, 3.8) is 0 Å². The van der Waals surface area contributed by atoms with Crippen LogP contribution in [0.4, 0.5) is 5.69 Å². The summed E-state index contributed by atoms with van der Waals surface area (Å²) >= 11 is 0. The summed E-state index contributed by atoms with van der Waals surface area (Å²) in [5.74, 6) is 0. The van der Waals surface area contributed by atoms with E-state index in [1.165, 1.54) is 0 Å². The van der Waals surface area contributed by atoms with Gasteiger partial charge in [0.1, 0.15) is 0 Å². The maximum absolute atomic E-state index is 4.62. The Kier molecular flexibility index (Phi) is 5.94. The zero-order valence-electron chi connectivity index (χ0n) is 20.6. The first-order valence-electron chi connectivity index (χ1n) is 12.5. The van der Waals surface area contributed by atoms with Gasteiger partial charge in [0, 0.05) is 57.9 Å². The number of hydrogen-bond donors (Lipinski definition) is 3. The molecule has 0 amide bonds. The minimum Gasteiger partial charge on any atom is -0.358 e. The second kappa shape index (κ2) is 9.70. The van der Waals surface area contributed by atoms with E-state index in [0.717, 1.165) is 80.6 Å². The molecule has 0 aliphatic heterocycles. The SMILES string of the molecule is C=C(CCCC)Nc1cncc(-c2cnc3n[nH]c(-c4cc5c(-c6ccncc6)cccc5[nH]4)c3c2)c1. The molecule has 0 saturated carbocycles. The molecule has 6 aromatic rings. The molecule has 6 rings (SSSR count). The monoisotopic (exact) mass is 485 g/mol. The number of rotatable bonds is 8. The van der Waals surface area contributed by atoms with Crippen molar-refractivity contribution in [2.24, 2.45) is 0 Å². The Balaban J connectivity index is 1.37. The summed E-state index contributed by atoms with van der Waals surface area (Å²) in [6.07, 6.45) is 12.3. The number of aromatic amines is 2. The Bertz CT molecular complexity index is 1710. The van der Waals surface area contributed by atoms with Crippen molar-refractivity contribution in [2.75, 3.05) is 5.32 Å². The van der Waals surface area contributed by atoms with E-state index >= 15 is 0 Å². The van der Waals surface area contributed by atoms with Gasteiger partial charge < -0.3 is 10.3 Å². The van der Waals surface area contributed by atoms with E-state index in [-0.39, 0.29) is 0 Å². The molecule has 0 fully saturated rings. The summed E-state index contributed by atoms with van der Waals surface area (Å²) in [6, 6.07) is 16.7. The van der Waals surface area contributed by atoms with E-state index < -0.39 is 0 Å². The van der Waals surface area contributed by atoms with E-state index in [0.29, 0.717) is 5.65 Å². The third-order valence-electron chi connectivity index (χ3n) is 6.56. The number of H-pyrrole nitrogens is 2. The topological polar surface area (TPSA) is 95.2 Å². The molecule has 0 bridgehead atoms. The predicted octanol–water partition coefficient (Wildman–Crippen LogP) is 7.35. The molecular formula is C30H27N7. The molecular weight excluding hydrogens is 458 g/mol. The second-order valence-electron chi connectivity index (χ2n) is 9.17. The summed E-state index contributed by atoms with van der Waals surface area (Å²) < 4.78 is 0. The van der Waals surface area contributed by atoms with Crippen LogP contribution in [0, 0.1) is 0 Å². The van der Waals surface area contributed by atoms with Gasteiger partial charge in [-0.1, -0.05) is 32.1 Å². The number of allylic oxidation sites excluding steroid dienone is 1. The fraction of sp³-hybridized carbons (Fsp3) is 0.133. The van der Waals surface area contributed by atoms with Gasteiger partial charge in [0.05, 0.1) is 23.3 Å².